The number of aliphatic hydroxyl groups excluding tert-OH is 2. The normalized spacial score (nSPS) is 31.3. The van der Waals surface area contributed by atoms with E-state index >= 15 is 0 Å². The fraction of sp³-hybridized carbons (Fsp3) is 0.481. The molecule has 2 aliphatic carbocycles. The molecule has 1 saturated heterocycles. The Labute approximate surface area is 218 Å². The van der Waals surface area contributed by atoms with Gasteiger partial charge < -0.3 is 45.5 Å². The highest BCUT2D eigenvalue weighted by molar-refractivity contribution is 6.31. The smallest absolute Gasteiger partial charge is 0.202 e. The second-order valence-corrected chi connectivity index (χ2v) is 10.4. The number of ketones is 2. The van der Waals surface area contributed by atoms with Crippen LogP contribution in [-0.2, 0) is 15.9 Å². The molecule has 38 heavy (non-hydrogen) atoms. The first kappa shape index (κ1) is 26.5. The number of benzene rings is 2. The minimum atomic E-state index is -1.79. The van der Waals surface area contributed by atoms with Crippen molar-refractivity contribution in [3.63, 3.8) is 0 Å². The van der Waals surface area contributed by atoms with Crippen LogP contribution in [0, 0.1) is 0 Å². The zero-order valence-corrected chi connectivity index (χ0v) is 21.3. The summed E-state index contributed by atoms with van der Waals surface area (Å²) in [5, 5.41) is 54.8. The van der Waals surface area contributed by atoms with Gasteiger partial charge in [-0.3, -0.25) is 9.59 Å². The summed E-state index contributed by atoms with van der Waals surface area (Å²) in [5.74, 6) is -2.39. The number of hydrogen-bond donors (Lipinski definition) is 6. The molecule has 0 aromatic heterocycles. The number of methoxy groups -OCH3 is 1. The maximum absolute atomic E-state index is 13.7. The average Bonchev–Trinajstić information content (AvgIpc) is 2.87. The zero-order chi connectivity index (χ0) is 27.7. The lowest BCUT2D eigenvalue weighted by atomic mass is 9.71. The molecule has 11 heteroatoms. The molecule has 1 heterocycles. The van der Waals surface area contributed by atoms with Crippen LogP contribution in [0.1, 0.15) is 75.8 Å². The lowest BCUT2D eigenvalue weighted by Crippen LogP contribution is -2.71. The van der Waals surface area contributed by atoms with Crippen molar-refractivity contribution in [1.29, 1.82) is 0 Å². The number of ether oxygens (including phenoxy) is 3. The van der Waals surface area contributed by atoms with Crippen LogP contribution >= 0.6 is 0 Å². The molecule has 5 unspecified atom stereocenters. The Balaban J connectivity index is 1.68. The van der Waals surface area contributed by atoms with Gasteiger partial charge in [-0.1, -0.05) is 12.1 Å². The summed E-state index contributed by atoms with van der Waals surface area (Å²) in [6, 6.07) is 4.07. The molecule has 0 amide bonds. The third-order valence-corrected chi connectivity index (χ3v) is 8.02. The van der Waals surface area contributed by atoms with E-state index in [9.17, 15) is 35.1 Å². The molecule has 7 atom stereocenters. The highest BCUT2D eigenvalue weighted by atomic mass is 16.7. The van der Waals surface area contributed by atoms with Gasteiger partial charge in [-0.2, -0.15) is 0 Å². The van der Waals surface area contributed by atoms with Crippen LogP contribution in [0.15, 0.2) is 18.2 Å². The fourth-order valence-corrected chi connectivity index (χ4v) is 5.80. The highest BCUT2D eigenvalue weighted by Crippen LogP contribution is 2.52. The van der Waals surface area contributed by atoms with Crippen LogP contribution in [0.4, 0.5) is 0 Å². The molecule has 0 spiro atoms. The molecule has 5 rings (SSSR count). The minimum Gasteiger partial charge on any atom is -0.507 e. The summed E-state index contributed by atoms with van der Waals surface area (Å²) in [6.07, 6.45) is -5.05. The minimum absolute atomic E-state index is 0.00976. The molecule has 0 bridgehead atoms. The topological polar surface area (TPSA) is 191 Å². The van der Waals surface area contributed by atoms with Gasteiger partial charge in [0.15, 0.2) is 12.1 Å². The predicted molar refractivity (Wildman–Crippen MR) is 130 cm³/mol. The fourth-order valence-electron chi connectivity index (χ4n) is 5.80. The lowest BCUT2D eigenvalue weighted by molar-refractivity contribution is -0.466. The van der Waals surface area contributed by atoms with Crippen molar-refractivity contribution >= 4 is 11.6 Å². The van der Waals surface area contributed by atoms with Gasteiger partial charge in [0.2, 0.25) is 5.78 Å². The third kappa shape index (κ3) is 3.89. The summed E-state index contributed by atoms with van der Waals surface area (Å²) in [5.41, 5.74) is 1.36. The molecular formula is C27H32NO10+. The van der Waals surface area contributed by atoms with Gasteiger partial charge in [0.1, 0.15) is 29.4 Å². The largest absolute Gasteiger partial charge is 0.507 e. The molecule has 1 fully saturated rings. The maximum atomic E-state index is 13.7. The number of rotatable bonds is 4. The number of phenolic OH excluding ortho intramolecular Hbond substituents is 2. The van der Waals surface area contributed by atoms with E-state index in [0.29, 0.717) is 0 Å². The zero-order valence-electron chi connectivity index (χ0n) is 21.3. The van der Waals surface area contributed by atoms with E-state index in [1.807, 2.05) is 0 Å². The van der Waals surface area contributed by atoms with Crippen molar-refractivity contribution < 1.29 is 55.1 Å². The second-order valence-electron chi connectivity index (χ2n) is 10.4. The van der Waals surface area contributed by atoms with E-state index in [1.54, 1.807) is 6.92 Å². The van der Waals surface area contributed by atoms with Crippen LogP contribution in [0.5, 0.6) is 17.2 Å². The Kier molecular flexibility index (Phi) is 6.49. The molecule has 0 saturated carbocycles. The van der Waals surface area contributed by atoms with Crippen molar-refractivity contribution in [2.24, 2.45) is 0 Å². The van der Waals surface area contributed by atoms with E-state index in [1.165, 1.54) is 32.2 Å². The van der Waals surface area contributed by atoms with Crippen LogP contribution < -0.4 is 10.5 Å². The van der Waals surface area contributed by atoms with Gasteiger partial charge in [0.25, 0.3) is 0 Å². The first-order valence-electron chi connectivity index (χ1n) is 12.5. The molecule has 3 aliphatic rings. The summed E-state index contributed by atoms with van der Waals surface area (Å²) in [6.45, 7) is 3.05. The molecule has 1 aliphatic heterocycles. The first-order chi connectivity index (χ1) is 17.9. The van der Waals surface area contributed by atoms with Crippen LogP contribution in [0.2, 0.25) is 0 Å². The maximum Gasteiger partial charge on any atom is 0.202 e. The number of quaternary nitrogens is 1. The summed E-state index contributed by atoms with van der Waals surface area (Å²) >= 11 is 0. The molecule has 2 aromatic rings. The number of phenols is 2. The number of hydrogen-bond acceptors (Lipinski definition) is 10. The Morgan fingerprint density at radius 2 is 1.82 bits per heavy atom. The van der Waals surface area contributed by atoms with Crippen molar-refractivity contribution in [3.05, 3.63) is 51.6 Å². The lowest BCUT2D eigenvalue weighted by Gasteiger charge is -2.43. The number of fused-ring (bicyclic) bond motifs is 3. The van der Waals surface area contributed by atoms with E-state index < -0.39 is 65.4 Å². The Morgan fingerprint density at radius 1 is 1.13 bits per heavy atom. The first-order valence-corrected chi connectivity index (χ1v) is 12.5. The van der Waals surface area contributed by atoms with Gasteiger partial charge >= 0.3 is 0 Å². The summed E-state index contributed by atoms with van der Waals surface area (Å²) in [4.78, 5) is 27.2. The molecule has 2 aromatic carbocycles. The van der Waals surface area contributed by atoms with Crippen LogP contribution in [-0.4, -0.2) is 80.5 Å². The monoisotopic (exact) mass is 530 g/mol. The standard InChI is InChI=1S/C27H31NO10/c1-10-22(30)14(28)7-17(37-10)38-16-9-27(35,11(2)29)8-13-19(16)26(34)21-20(24(13)32)23(31)12-5-4-6-15(36-3)18(12)25(21)33/h4-6,10-11,14,16-17,22,29-30,32,34-35H,7-9,28H2,1-3H3/p+1/t10?,11?,14?,16-,17?,22?,27-/m0/s1. The van der Waals surface area contributed by atoms with E-state index in [0.717, 1.165) is 0 Å². The van der Waals surface area contributed by atoms with Gasteiger partial charge in [-0.15, -0.1) is 0 Å². The number of carbonyl (C=O) groups is 2. The van der Waals surface area contributed by atoms with Crippen molar-refractivity contribution in [2.45, 2.75) is 75.5 Å². The van der Waals surface area contributed by atoms with Crippen LogP contribution in [0.25, 0.3) is 0 Å². The quantitative estimate of drug-likeness (QED) is 0.252. The molecular weight excluding hydrogens is 498 g/mol. The number of aromatic hydroxyl groups is 2. The molecule has 11 nitrogen and oxygen atoms in total. The SMILES string of the molecule is COc1cccc2c1C(=O)c1c(O)c3c(c(O)c1C2=O)C[C@@](O)(C(C)O)C[C@@H]3OC1CC([NH3+])C(O)C(C)O1. The summed E-state index contributed by atoms with van der Waals surface area (Å²) in [7, 11) is 1.35. The Bertz CT molecular complexity index is 1310. The van der Waals surface area contributed by atoms with Gasteiger partial charge in [-0.05, 0) is 19.9 Å². The summed E-state index contributed by atoms with van der Waals surface area (Å²) < 4.78 is 17.2. The number of carbonyl (C=O) groups excluding carboxylic acids is 2. The van der Waals surface area contributed by atoms with Gasteiger partial charge in [0, 0.05) is 29.5 Å². The third-order valence-electron chi connectivity index (χ3n) is 8.02. The second kappa shape index (κ2) is 9.30. The molecule has 204 valence electrons. The highest BCUT2D eigenvalue weighted by Gasteiger charge is 2.49. The van der Waals surface area contributed by atoms with Crippen molar-refractivity contribution in [2.75, 3.05) is 7.11 Å². The Hall–Kier alpha value is -3.06. The predicted octanol–water partition coefficient (Wildman–Crippen LogP) is 0.104. The van der Waals surface area contributed by atoms with E-state index in [4.69, 9.17) is 14.2 Å². The van der Waals surface area contributed by atoms with Gasteiger partial charge in [0.05, 0.1) is 54.1 Å². The van der Waals surface area contributed by atoms with Crippen LogP contribution in [0.3, 0.4) is 0 Å². The van der Waals surface area contributed by atoms with Crippen molar-refractivity contribution in [1.82, 2.24) is 0 Å². The number of aliphatic hydroxyl groups is 3. The van der Waals surface area contributed by atoms with Crippen molar-refractivity contribution in [3.8, 4) is 17.2 Å². The Morgan fingerprint density at radius 3 is 2.45 bits per heavy atom. The van der Waals surface area contributed by atoms with Gasteiger partial charge in [-0.25, -0.2) is 0 Å². The molecule has 8 N–H and O–H groups in total. The molecule has 0 radical (unpaired) electrons. The average molecular weight is 531 g/mol. The van der Waals surface area contributed by atoms with E-state index in [-0.39, 0.29) is 58.4 Å². The van der Waals surface area contributed by atoms with E-state index in [2.05, 4.69) is 5.73 Å².